The molecule has 2 bridgehead atoms. The second-order valence-electron chi connectivity index (χ2n) is 15.2. The molecule has 0 aromatic rings. The average molecular weight is 669 g/mol. The molecule has 0 amide bonds. The Labute approximate surface area is 283 Å². The van der Waals surface area contributed by atoms with E-state index in [4.69, 9.17) is 23.7 Å². The van der Waals surface area contributed by atoms with E-state index in [9.17, 15) is 19.8 Å². The third kappa shape index (κ3) is 9.22. The fourth-order valence-electron chi connectivity index (χ4n) is 7.93. The molecule has 0 aliphatic carbocycles. The van der Waals surface area contributed by atoms with E-state index >= 15 is 0 Å². The van der Waals surface area contributed by atoms with Crippen LogP contribution in [0.1, 0.15) is 88.0 Å². The molecule has 11 nitrogen and oxygen atoms in total. The summed E-state index contributed by atoms with van der Waals surface area (Å²) < 4.78 is 32.1. The number of hydrogen-bond donors (Lipinski definition) is 2. The summed E-state index contributed by atoms with van der Waals surface area (Å²) in [6.07, 6.45) is -2.43. The molecule has 47 heavy (non-hydrogen) atoms. The van der Waals surface area contributed by atoms with Crippen molar-refractivity contribution in [2.24, 2.45) is 17.8 Å². The lowest BCUT2D eigenvalue weighted by molar-refractivity contribution is -0.297. The van der Waals surface area contributed by atoms with Gasteiger partial charge in [-0.2, -0.15) is 0 Å². The zero-order chi connectivity index (χ0) is 35.4. The first-order chi connectivity index (χ1) is 21.9. The largest absolute Gasteiger partial charge is 0.459 e. The van der Waals surface area contributed by atoms with Crippen LogP contribution in [-0.2, 0) is 33.3 Å². The van der Waals surface area contributed by atoms with E-state index in [-0.39, 0.29) is 43.1 Å². The van der Waals surface area contributed by atoms with Crippen molar-refractivity contribution < 1.29 is 43.5 Å². The van der Waals surface area contributed by atoms with E-state index in [0.29, 0.717) is 31.4 Å². The smallest absolute Gasteiger partial charge is 0.316 e. The number of ketones is 1. The quantitative estimate of drug-likeness (QED) is 0.245. The number of rotatable bonds is 6. The minimum Gasteiger partial charge on any atom is -0.459 e. The summed E-state index contributed by atoms with van der Waals surface area (Å²) in [4.78, 5) is 32.2. The number of carbonyl (C=O) groups is 2. The number of likely N-dealkylation sites (N-methyl/N-ethyl adjacent to an activating group) is 1. The van der Waals surface area contributed by atoms with Crippen LogP contribution in [0.3, 0.4) is 0 Å². The number of fused-ring (bicyclic) bond motifs is 15. The molecule has 0 unspecified atom stereocenters. The van der Waals surface area contributed by atoms with Gasteiger partial charge in [-0.1, -0.05) is 34.3 Å². The number of aliphatic hydroxyl groups excluding tert-OH is 1. The van der Waals surface area contributed by atoms with Gasteiger partial charge in [0.2, 0.25) is 0 Å². The van der Waals surface area contributed by atoms with Crippen molar-refractivity contribution in [3.8, 4) is 0 Å². The molecular formula is C36H64N2O9. The van der Waals surface area contributed by atoms with Gasteiger partial charge in [-0.25, -0.2) is 0 Å². The van der Waals surface area contributed by atoms with Gasteiger partial charge in [0.25, 0.3) is 0 Å². The molecule has 0 aromatic heterocycles. The molecule has 0 spiro atoms. The van der Waals surface area contributed by atoms with Crippen LogP contribution in [0.25, 0.3) is 0 Å². The van der Waals surface area contributed by atoms with Crippen LogP contribution in [0, 0.1) is 17.8 Å². The van der Waals surface area contributed by atoms with Gasteiger partial charge < -0.3 is 43.7 Å². The maximum absolute atomic E-state index is 14.3. The highest BCUT2D eigenvalue weighted by atomic mass is 16.7. The minimum absolute atomic E-state index is 0.0397. The third-order valence-electron chi connectivity index (χ3n) is 10.6. The molecule has 4 heterocycles. The number of esters is 1. The molecule has 11 heteroatoms. The topological polar surface area (TPSA) is 127 Å². The van der Waals surface area contributed by atoms with E-state index < -0.39 is 59.7 Å². The number of ether oxygens (including phenoxy) is 5. The van der Waals surface area contributed by atoms with Crippen molar-refractivity contribution in [3.63, 3.8) is 0 Å². The molecule has 4 aliphatic rings. The van der Waals surface area contributed by atoms with Gasteiger partial charge in [0.15, 0.2) is 12.1 Å². The molecule has 2 N–H and O–H groups in total. The summed E-state index contributed by atoms with van der Waals surface area (Å²) >= 11 is 0. The lowest BCUT2D eigenvalue weighted by Gasteiger charge is -2.48. The first kappa shape index (κ1) is 40.0. The Bertz CT molecular complexity index is 1070. The van der Waals surface area contributed by atoms with Gasteiger partial charge in [0.05, 0.1) is 37.1 Å². The summed E-state index contributed by atoms with van der Waals surface area (Å²) in [6.45, 7) is 22.9. The summed E-state index contributed by atoms with van der Waals surface area (Å²) in [5, 5.41) is 23.6. The predicted molar refractivity (Wildman–Crippen MR) is 180 cm³/mol. The monoisotopic (exact) mass is 668 g/mol. The van der Waals surface area contributed by atoms with E-state index in [1.165, 1.54) is 6.92 Å². The summed E-state index contributed by atoms with van der Waals surface area (Å²) in [6, 6.07) is -0.262. The van der Waals surface area contributed by atoms with Crippen LogP contribution in [0.2, 0.25) is 0 Å². The fourth-order valence-corrected chi connectivity index (χ4v) is 7.93. The minimum atomic E-state index is -1.56. The Morgan fingerprint density at radius 1 is 1.09 bits per heavy atom. The normalized spacial score (nSPS) is 43.9. The van der Waals surface area contributed by atoms with Crippen molar-refractivity contribution in [2.45, 2.75) is 148 Å². The van der Waals surface area contributed by atoms with Crippen LogP contribution in [0.4, 0.5) is 0 Å². The zero-order valence-electron chi connectivity index (χ0n) is 30.9. The first-order valence-electron chi connectivity index (χ1n) is 17.7. The van der Waals surface area contributed by atoms with Gasteiger partial charge in [-0.3, -0.25) is 9.59 Å². The maximum Gasteiger partial charge on any atom is 0.316 e. The van der Waals surface area contributed by atoms with Crippen molar-refractivity contribution in [1.29, 1.82) is 0 Å². The molecule has 4 aliphatic heterocycles. The van der Waals surface area contributed by atoms with E-state index in [1.54, 1.807) is 13.8 Å². The molecule has 13 atom stereocenters. The van der Waals surface area contributed by atoms with Gasteiger partial charge in [-0.15, -0.1) is 0 Å². The van der Waals surface area contributed by atoms with Gasteiger partial charge in [0, 0.05) is 24.5 Å². The van der Waals surface area contributed by atoms with Crippen molar-refractivity contribution >= 4 is 11.8 Å². The van der Waals surface area contributed by atoms with Crippen LogP contribution in [-0.4, -0.2) is 132 Å². The highest BCUT2D eigenvalue weighted by molar-refractivity contribution is 6.00. The second-order valence-corrected chi connectivity index (χ2v) is 15.2. The molecule has 4 rings (SSSR count). The highest BCUT2D eigenvalue weighted by Crippen LogP contribution is 2.38. The zero-order valence-corrected chi connectivity index (χ0v) is 30.9. The maximum atomic E-state index is 14.3. The summed E-state index contributed by atoms with van der Waals surface area (Å²) in [7, 11) is 3.82. The van der Waals surface area contributed by atoms with E-state index in [1.807, 2.05) is 39.8 Å². The molecular weight excluding hydrogens is 604 g/mol. The first-order valence-corrected chi connectivity index (χ1v) is 17.7. The summed E-state index contributed by atoms with van der Waals surface area (Å²) in [5.41, 5.74) is -1.98. The average Bonchev–Trinajstić information content (AvgIpc) is 3.00. The Hall–Kier alpha value is -1.44. The molecule has 4 saturated heterocycles. The Morgan fingerprint density at radius 2 is 1.74 bits per heavy atom. The molecule has 0 radical (unpaired) electrons. The Balaban J connectivity index is 2.23. The van der Waals surface area contributed by atoms with Crippen LogP contribution in [0.15, 0.2) is 12.2 Å². The molecule has 4 fully saturated rings. The predicted octanol–water partition coefficient (Wildman–Crippen LogP) is 3.58. The van der Waals surface area contributed by atoms with Gasteiger partial charge in [-0.05, 0) is 92.4 Å². The SMILES string of the molecule is C=C1CO[C@@H]2[C@@H](C)CN(CCC)[C@H](C)C[C@@](C)(OC1)[C@H](O[C@@H]1O[C@H](C)C[C@H](N(C)C)[C@H]1O)[C@@H](C)C(=O)[C@@H](C)C(=O)O[C@H](CC)[C@@]2(C)O. The Morgan fingerprint density at radius 3 is 2.34 bits per heavy atom. The number of aliphatic hydroxyl groups is 2. The molecule has 0 aromatic carbocycles. The number of nitrogens with zero attached hydrogens (tertiary/aromatic N) is 2. The number of carbonyl (C=O) groups excluding carboxylic acids is 2. The van der Waals surface area contributed by atoms with E-state index in [0.717, 1.165) is 13.0 Å². The summed E-state index contributed by atoms with van der Waals surface area (Å²) in [5.74, 6) is -3.25. The molecule has 272 valence electrons. The van der Waals surface area contributed by atoms with Crippen LogP contribution >= 0.6 is 0 Å². The fraction of sp³-hybridized carbons (Fsp3) is 0.889. The molecule has 0 saturated carbocycles. The van der Waals surface area contributed by atoms with Crippen molar-refractivity contribution in [1.82, 2.24) is 9.80 Å². The Kier molecular flexibility index (Phi) is 14.0. The van der Waals surface area contributed by atoms with Gasteiger partial charge in [0.1, 0.15) is 23.7 Å². The third-order valence-corrected chi connectivity index (χ3v) is 10.6. The van der Waals surface area contributed by atoms with Crippen LogP contribution in [0.5, 0.6) is 0 Å². The van der Waals surface area contributed by atoms with Crippen LogP contribution < -0.4 is 0 Å². The van der Waals surface area contributed by atoms with E-state index in [2.05, 4.69) is 32.3 Å². The lowest BCUT2D eigenvalue weighted by Crippen LogP contribution is -2.60. The van der Waals surface area contributed by atoms with Crippen molar-refractivity contribution in [2.75, 3.05) is 40.4 Å². The lowest BCUT2D eigenvalue weighted by atomic mass is 9.79. The van der Waals surface area contributed by atoms with Gasteiger partial charge >= 0.3 is 5.97 Å². The second kappa shape index (κ2) is 16.5. The highest BCUT2D eigenvalue weighted by Gasteiger charge is 2.51. The number of Topliss-reactive ketones (excluding diaryl/α,β-unsaturated/α-hetero) is 1. The standard InChI is InChI=1S/C36H64N2O9/c1-13-15-38-18-22(4)31-36(10,42)28(14-2)46-33(41)26(8)29(39)25(7)32(35(9,17-23(38)5)44-20-21(3)19-43-31)47-34-30(40)27(37(11)12)16-24(6)45-34/h22-28,30-32,34,40,42H,3,13-20H2,1-2,4-12H3/t22-,23+,24+,25-,26+,27-,28+,30+,31+,32+,34-,35+,36+/m0/s1. The van der Waals surface area contributed by atoms with Crippen molar-refractivity contribution in [3.05, 3.63) is 12.2 Å². The number of hydrogen-bond acceptors (Lipinski definition) is 11.